The number of nitrogens with two attached hydrogens (primary N) is 1. The molecule has 456 valence electrons. The molecule has 17 nitrogen and oxygen atoms in total. The molecule has 0 spiro atoms. The monoisotopic (exact) mass is 1220 g/mol. The van der Waals surface area contributed by atoms with E-state index in [-0.39, 0.29) is 70.9 Å². The zero-order valence-electron chi connectivity index (χ0n) is 50.6. The lowest BCUT2D eigenvalue weighted by Gasteiger charge is -2.21. The van der Waals surface area contributed by atoms with E-state index in [0.29, 0.717) is 73.4 Å². The van der Waals surface area contributed by atoms with Crippen molar-refractivity contribution in [3.8, 4) is 23.0 Å². The zero-order valence-corrected chi connectivity index (χ0v) is 52.2. The second-order valence-corrected chi connectivity index (χ2v) is 18.6. The molecular weight excluding hydrogens is 1130 g/mol. The van der Waals surface area contributed by atoms with E-state index in [1.54, 1.807) is 33.8 Å². The summed E-state index contributed by atoms with van der Waals surface area (Å²) < 4.78 is 9.42. The number of carbonyl (C=O) groups excluding carboxylic acids is 5. The quantitative estimate of drug-likeness (QED) is 0.0143. The highest BCUT2D eigenvalue weighted by Crippen LogP contribution is 2.31. The van der Waals surface area contributed by atoms with E-state index < -0.39 is 0 Å². The first-order chi connectivity index (χ1) is 40.3. The maximum atomic E-state index is 12.4. The number of hydrogen-bond donors (Lipinski definition) is 6. The number of alkyl halides is 1. The first-order valence-corrected chi connectivity index (χ1v) is 29.4. The lowest BCUT2D eigenvalue weighted by atomic mass is 10.0. The molecule has 6 aromatic carbocycles. The molecule has 0 unspecified atom stereocenters. The Balaban J connectivity index is 0.000000531. The molecule has 0 saturated carbocycles. The fraction of sp³-hybridized carbons (Fsp3) is 0.364. The van der Waals surface area contributed by atoms with Crippen LogP contribution in [0.15, 0.2) is 151 Å². The van der Waals surface area contributed by atoms with Crippen molar-refractivity contribution in [1.29, 1.82) is 0 Å². The summed E-state index contributed by atoms with van der Waals surface area (Å²) in [5, 5.41) is 42.1. The van der Waals surface area contributed by atoms with E-state index in [9.17, 15) is 44.4 Å². The van der Waals surface area contributed by atoms with Gasteiger partial charge in [-0.05, 0) is 135 Å². The Morgan fingerprint density at radius 2 is 0.905 bits per heavy atom. The number of aromatic hydroxyl groups is 4. The number of likely N-dealkylation sites (N-methyl/N-ethyl adjacent to an activating group) is 3. The van der Waals surface area contributed by atoms with E-state index in [2.05, 4.69) is 50.0 Å². The summed E-state index contributed by atoms with van der Waals surface area (Å²) in [5.74, 6) is -0.493. The van der Waals surface area contributed by atoms with Crippen molar-refractivity contribution in [1.82, 2.24) is 0 Å². The van der Waals surface area contributed by atoms with Gasteiger partial charge in [0.05, 0.1) is 45.0 Å². The minimum atomic E-state index is -0.206. The first-order valence-electron chi connectivity index (χ1n) is 28.2. The summed E-state index contributed by atoms with van der Waals surface area (Å²) in [6, 6.07) is 45.7. The standard InChI is InChI=1S/C21H26N2O3.C12H17NO2.C11H16N2O.C10H12O3.C8H11N.C4H7BrO2/c1-4-19(18-11-12-20(25)15(3)21(18)26)22-13-17(24)14-23(5-2)16-9-7-6-8-10-16;1-3-13(10-12(14)15-4-2)11-8-6-5-7-9-11;1-2-13(9-11(14)8-12)10-6-4-3-5-7-10;1-3-8(11)7-4-5-9(12)6(2)10(7)13;1-2-9-8-6-4-3-5-7-8;1-2-7-4(6)3-5/h6-12,25-26H,4-5,13-14H2,1-3H3;5-9H,3-4,10H2,1-2H3;3-7H,2,8-9,12H2,1H3;4-5,12-13H,3H2,1-2H3;3-7,9H,2H2,1H3;2-3H2,1H3. The molecule has 0 saturated heterocycles. The van der Waals surface area contributed by atoms with Crippen molar-refractivity contribution in [2.45, 2.75) is 82.1 Å². The van der Waals surface area contributed by atoms with Crippen molar-refractivity contribution in [2.24, 2.45) is 10.7 Å². The summed E-state index contributed by atoms with van der Waals surface area (Å²) in [6.45, 7) is 24.0. The summed E-state index contributed by atoms with van der Waals surface area (Å²) in [7, 11) is 0. The van der Waals surface area contributed by atoms with E-state index in [1.165, 1.54) is 23.9 Å². The molecule has 0 aliphatic heterocycles. The maximum absolute atomic E-state index is 12.4. The molecule has 0 amide bonds. The predicted molar refractivity (Wildman–Crippen MR) is 345 cm³/mol. The topological polar surface area (TPSA) is 245 Å². The molecule has 6 rings (SSSR count). The molecule has 0 aliphatic rings. The number of phenols is 4. The number of ether oxygens (including phenoxy) is 2. The number of anilines is 4. The van der Waals surface area contributed by atoms with Crippen molar-refractivity contribution < 1.29 is 53.9 Å². The Hall–Kier alpha value is -8.22. The average molecular weight is 1220 g/mol. The maximum Gasteiger partial charge on any atom is 0.325 e. The molecule has 0 atom stereocenters. The van der Waals surface area contributed by atoms with Crippen LogP contribution in [-0.2, 0) is 28.7 Å². The lowest BCUT2D eigenvalue weighted by molar-refractivity contribution is -0.141. The summed E-state index contributed by atoms with van der Waals surface area (Å²) in [4.78, 5) is 66.7. The number of nitrogens with zero attached hydrogens (tertiary/aromatic N) is 4. The second kappa shape index (κ2) is 43.5. The lowest BCUT2D eigenvalue weighted by Crippen LogP contribution is -2.32. The third kappa shape index (κ3) is 28.2. The smallest absolute Gasteiger partial charge is 0.325 e. The van der Waals surface area contributed by atoms with Crippen molar-refractivity contribution in [3.05, 3.63) is 168 Å². The van der Waals surface area contributed by atoms with Gasteiger partial charge >= 0.3 is 11.9 Å². The van der Waals surface area contributed by atoms with E-state index in [4.69, 9.17) is 10.5 Å². The number of rotatable bonds is 24. The van der Waals surface area contributed by atoms with Gasteiger partial charge in [-0.2, -0.15) is 0 Å². The molecular formula is C66H89BrN6O11. The molecule has 84 heavy (non-hydrogen) atoms. The van der Waals surface area contributed by atoms with Gasteiger partial charge in [0.2, 0.25) is 0 Å². The fourth-order valence-corrected chi connectivity index (χ4v) is 7.70. The van der Waals surface area contributed by atoms with Gasteiger partial charge in [0.1, 0.15) is 34.9 Å². The Bertz CT molecular complexity index is 2860. The van der Waals surface area contributed by atoms with Gasteiger partial charge in [-0.3, -0.25) is 29.0 Å². The van der Waals surface area contributed by atoms with Gasteiger partial charge in [-0.15, -0.1) is 0 Å². The number of halogens is 1. The highest BCUT2D eigenvalue weighted by atomic mass is 79.9. The van der Waals surface area contributed by atoms with Crippen LogP contribution in [0.25, 0.3) is 0 Å². The number of benzene rings is 6. The van der Waals surface area contributed by atoms with Crippen LogP contribution in [0.3, 0.4) is 0 Å². The van der Waals surface area contributed by atoms with Crippen LogP contribution < -0.4 is 25.8 Å². The minimum absolute atomic E-state index is 0.00477. The molecule has 0 aromatic heterocycles. The number of aliphatic imine (C=N–C) groups is 1. The highest BCUT2D eigenvalue weighted by Gasteiger charge is 2.16. The van der Waals surface area contributed by atoms with Crippen LogP contribution in [0.1, 0.15) is 95.3 Å². The Morgan fingerprint density at radius 3 is 1.27 bits per heavy atom. The van der Waals surface area contributed by atoms with Crippen LogP contribution in [0.2, 0.25) is 0 Å². The number of para-hydroxylation sites is 4. The largest absolute Gasteiger partial charge is 0.508 e. The normalized spacial score (nSPS) is 10.1. The molecule has 18 heteroatoms. The summed E-state index contributed by atoms with van der Waals surface area (Å²) >= 11 is 2.94. The van der Waals surface area contributed by atoms with Crippen LogP contribution >= 0.6 is 15.9 Å². The molecule has 0 radical (unpaired) electrons. The van der Waals surface area contributed by atoms with Crippen LogP contribution in [0.4, 0.5) is 22.7 Å². The number of ketones is 3. The van der Waals surface area contributed by atoms with Gasteiger partial charge in [-0.25, -0.2) is 0 Å². The Labute approximate surface area is 506 Å². The number of hydrogen-bond acceptors (Lipinski definition) is 17. The van der Waals surface area contributed by atoms with E-state index in [0.717, 1.165) is 43.2 Å². The molecule has 0 fully saturated rings. The number of phenolic OH excluding ortho intramolecular Hbond substituents is 4. The Morgan fingerprint density at radius 1 is 0.512 bits per heavy atom. The third-order valence-corrected chi connectivity index (χ3v) is 12.6. The third-order valence-electron chi connectivity index (χ3n) is 12.2. The minimum Gasteiger partial charge on any atom is -0.508 e. The summed E-state index contributed by atoms with van der Waals surface area (Å²) in [5.41, 5.74) is 11.8. The van der Waals surface area contributed by atoms with E-state index >= 15 is 0 Å². The number of Topliss-reactive ketones (excluding diaryl/α,β-unsaturated/α-hetero) is 3. The average Bonchev–Trinajstić information content (AvgIpc) is 3.71. The van der Waals surface area contributed by atoms with E-state index in [1.807, 2.05) is 159 Å². The van der Waals surface area contributed by atoms with Gasteiger partial charge < -0.3 is 55.7 Å². The van der Waals surface area contributed by atoms with Crippen molar-refractivity contribution in [3.63, 3.8) is 0 Å². The first kappa shape index (κ1) is 73.8. The van der Waals surface area contributed by atoms with Crippen LogP contribution in [0, 0.1) is 13.8 Å². The van der Waals surface area contributed by atoms with Gasteiger partial charge in [0, 0.05) is 77.8 Å². The predicted octanol–water partition coefficient (Wildman–Crippen LogP) is 11.9. The molecule has 0 heterocycles. The van der Waals surface area contributed by atoms with Crippen molar-refractivity contribution in [2.75, 3.05) is 97.5 Å². The second-order valence-electron chi connectivity index (χ2n) is 18.1. The van der Waals surface area contributed by atoms with Gasteiger partial charge in [-0.1, -0.05) is 103 Å². The number of nitrogens with one attached hydrogen (secondary N) is 1. The molecule has 0 bridgehead atoms. The molecule has 7 N–H and O–H groups in total. The van der Waals surface area contributed by atoms with Crippen LogP contribution in [0.5, 0.6) is 23.0 Å². The number of carbonyl (C=O) groups is 5. The fourth-order valence-electron chi connectivity index (χ4n) is 7.53. The van der Waals surface area contributed by atoms with Crippen LogP contribution in [-0.4, -0.2) is 133 Å². The molecule has 0 aliphatic carbocycles. The number of esters is 2. The Kier molecular flexibility index (Phi) is 38.2. The van der Waals surface area contributed by atoms with Gasteiger partial charge in [0.15, 0.2) is 17.3 Å². The zero-order chi connectivity index (χ0) is 62.8. The van der Waals surface area contributed by atoms with Gasteiger partial charge in [0.25, 0.3) is 0 Å². The molecule has 6 aromatic rings. The van der Waals surface area contributed by atoms with Crippen molar-refractivity contribution >= 4 is 73.7 Å². The highest BCUT2D eigenvalue weighted by molar-refractivity contribution is 9.09. The SMILES string of the molecule is CCC(=NCC(=O)CN(CC)c1ccccc1)c1ccc(O)c(C)c1O.CCC(=O)c1ccc(O)c(C)c1O.CCN(CC(=O)CN)c1ccccc1.CCNc1ccccc1.CCOC(=O)CBr.CCOC(=O)CN(CC)c1ccccc1. The summed E-state index contributed by atoms with van der Waals surface area (Å²) in [6.07, 6.45) is 0.930.